The zero-order valence-corrected chi connectivity index (χ0v) is 48.5. The van der Waals surface area contributed by atoms with Crippen LogP contribution in [0.25, 0.3) is 0 Å². The third kappa shape index (κ3) is 9.81. The molecule has 0 aromatic rings. The Hall–Kier alpha value is -1.53. The van der Waals surface area contributed by atoms with E-state index in [4.69, 9.17) is 42.6 Å². The van der Waals surface area contributed by atoms with Gasteiger partial charge in [0, 0.05) is 12.3 Å². The predicted octanol–water partition coefficient (Wildman–Crippen LogP) is -3.58. The molecule has 8 fully saturated rings. The molecule has 0 aromatic heterocycles. The zero-order chi connectivity index (χ0) is 56.4. The topological polar surface area (TPSA) is 357 Å². The monoisotopic (exact) mass is 1120 g/mol. The van der Waals surface area contributed by atoms with E-state index in [1.54, 1.807) is 13.8 Å². The van der Waals surface area contributed by atoms with Crippen LogP contribution in [0, 0.1) is 56.2 Å². The second-order valence-electron chi connectivity index (χ2n) is 25.8. The average molecular weight is 1120 g/mol. The van der Waals surface area contributed by atoms with Gasteiger partial charge in [0.1, 0.15) is 73.8 Å². The van der Waals surface area contributed by atoms with Crippen LogP contribution in [-0.4, -0.2) is 217 Å². The zero-order valence-electron chi connectivity index (χ0n) is 46.5. The smallest absolute Gasteiger partial charge is 0.479 e. The molecule has 78 heavy (non-hydrogen) atoms. The maximum Gasteiger partial charge on any atom is 1.00 e. The van der Waals surface area contributed by atoms with Crippen molar-refractivity contribution in [2.24, 2.45) is 56.2 Å². The maximum atomic E-state index is 13.6. The summed E-state index contributed by atoms with van der Waals surface area (Å²) >= 11 is 0. The molecule has 9 rings (SSSR count). The maximum absolute atomic E-state index is 13.6. The van der Waals surface area contributed by atoms with E-state index in [0.717, 1.165) is 0 Å². The fraction of sp³-hybridized carbons (Fsp3) is 0.907. The molecule has 5 aliphatic carbocycles. The summed E-state index contributed by atoms with van der Waals surface area (Å²) < 4.78 is 54.3. The van der Waals surface area contributed by atoms with Crippen molar-refractivity contribution in [1.29, 1.82) is 0 Å². The quantitative estimate of drug-likeness (QED) is 0.0347. The summed E-state index contributed by atoms with van der Waals surface area (Å²) in [5.41, 5.74) is -2.40. The Morgan fingerprint density at radius 1 is 0.756 bits per heavy atom. The number of hydrogen-bond donors (Lipinski definition) is 11. The molecule has 23 nitrogen and oxygen atoms in total. The number of rotatable bonds is 14. The van der Waals surface area contributed by atoms with E-state index >= 15 is 0 Å². The normalized spacial score (nSPS) is 51.0. The minimum absolute atomic E-state index is 0. The molecular weight excluding hydrogens is 1040 g/mol. The first-order valence-electron chi connectivity index (χ1n) is 27.4. The molecule has 9 aliphatic rings. The number of aliphatic hydroxyl groups is 10. The number of allylic oxidation sites excluding steroid dienone is 2. The van der Waals surface area contributed by atoms with Gasteiger partial charge in [-0.3, -0.25) is 9.59 Å². The van der Waals surface area contributed by atoms with E-state index in [-0.39, 0.29) is 65.9 Å². The van der Waals surface area contributed by atoms with E-state index in [9.17, 15) is 70.6 Å². The van der Waals surface area contributed by atoms with Crippen molar-refractivity contribution in [2.75, 3.05) is 26.4 Å². The van der Waals surface area contributed by atoms with Crippen molar-refractivity contribution >= 4 is 17.9 Å². The summed E-state index contributed by atoms with van der Waals surface area (Å²) in [4.78, 5) is 38.4. The van der Waals surface area contributed by atoms with E-state index in [0.29, 0.717) is 44.9 Å². The molecule has 24 heteroatoms. The van der Waals surface area contributed by atoms with Crippen LogP contribution >= 0.6 is 0 Å². The van der Waals surface area contributed by atoms with Crippen LogP contribution in [0.3, 0.4) is 0 Å². The van der Waals surface area contributed by atoms with Crippen LogP contribution in [0.1, 0.15) is 107 Å². The second kappa shape index (κ2) is 22.5. The van der Waals surface area contributed by atoms with Gasteiger partial charge in [-0.25, -0.2) is 4.79 Å². The average Bonchev–Trinajstić information content (AvgIpc) is 3.34. The number of carbonyl (C=O) groups excluding carboxylic acids is 2. The first kappa shape index (κ1) is 62.5. The van der Waals surface area contributed by atoms with Gasteiger partial charge in [-0.15, -0.1) is 0 Å². The molecule has 11 N–H and O–H groups in total. The summed E-state index contributed by atoms with van der Waals surface area (Å²) in [6.45, 7) is 15.8. The first-order valence-corrected chi connectivity index (χ1v) is 27.4. The van der Waals surface area contributed by atoms with Crippen LogP contribution in [0.2, 0.25) is 0 Å². The number of esters is 2. The Labute approximate surface area is 476 Å². The molecule has 4 saturated heterocycles. The first-order chi connectivity index (χ1) is 36.0. The number of aliphatic carboxylic acids is 1. The summed E-state index contributed by atoms with van der Waals surface area (Å²) in [7, 11) is 0. The Balaban J connectivity index is 0.00000803. The van der Waals surface area contributed by atoms with Gasteiger partial charge in [-0.1, -0.05) is 53.2 Å². The number of aliphatic hydroxyl groups excluding tert-OH is 10. The third-order valence-electron chi connectivity index (χ3n) is 21.3. The van der Waals surface area contributed by atoms with Gasteiger partial charge in [0.2, 0.25) is 0 Å². The molecule has 4 saturated carbocycles. The summed E-state index contributed by atoms with van der Waals surface area (Å²) in [6.07, 6.45) is -22.8. The van der Waals surface area contributed by atoms with Crippen molar-refractivity contribution in [3.8, 4) is 0 Å². The van der Waals surface area contributed by atoms with Crippen molar-refractivity contribution in [3.05, 3.63) is 11.6 Å². The van der Waals surface area contributed by atoms with Crippen molar-refractivity contribution in [1.82, 2.24) is 0 Å². The molecule has 2 bridgehead atoms. The number of fused-ring (bicyclic) bond motifs is 7. The summed E-state index contributed by atoms with van der Waals surface area (Å²) in [5, 5.41) is 120. The van der Waals surface area contributed by atoms with Gasteiger partial charge in [-0.2, -0.15) is 0 Å². The minimum atomic E-state index is -2.09. The Morgan fingerprint density at radius 3 is 2.06 bits per heavy atom. The molecular formula is C54H84NaO23+. The van der Waals surface area contributed by atoms with Gasteiger partial charge in [-0.05, 0) is 98.2 Å². The molecule has 0 radical (unpaired) electrons. The Kier molecular flexibility index (Phi) is 18.0. The van der Waals surface area contributed by atoms with Crippen LogP contribution in [-0.2, 0) is 57.0 Å². The van der Waals surface area contributed by atoms with Crippen molar-refractivity contribution < 1.29 is 143 Å². The van der Waals surface area contributed by atoms with Gasteiger partial charge >= 0.3 is 47.5 Å². The molecule has 0 aromatic carbocycles. The van der Waals surface area contributed by atoms with Crippen LogP contribution in [0.15, 0.2) is 11.6 Å². The van der Waals surface area contributed by atoms with Gasteiger partial charge in [0.05, 0.1) is 55.6 Å². The molecule has 2 unspecified atom stereocenters. The van der Waals surface area contributed by atoms with Gasteiger partial charge in [0.25, 0.3) is 0 Å². The van der Waals surface area contributed by atoms with Gasteiger partial charge < -0.3 is 98.8 Å². The van der Waals surface area contributed by atoms with Gasteiger partial charge in [0.15, 0.2) is 25.0 Å². The van der Waals surface area contributed by atoms with Crippen LogP contribution < -0.4 is 29.6 Å². The fourth-order valence-corrected chi connectivity index (χ4v) is 16.5. The number of carboxylic acids is 1. The summed E-state index contributed by atoms with van der Waals surface area (Å²) in [6, 6.07) is 0. The Bertz CT molecular complexity index is 2240. The summed E-state index contributed by atoms with van der Waals surface area (Å²) in [5.74, 6) is -3.82. The van der Waals surface area contributed by atoms with E-state index < -0.39 is 181 Å². The molecule has 4 aliphatic heterocycles. The minimum Gasteiger partial charge on any atom is -0.479 e. The van der Waals surface area contributed by atoms with Crippen LogP contribution in [0.5, 0.6) is 0 Å². The molecule has 0 amide bonds. The Morgan fingerprint density at radius 2 is 1.42 bits per heavy atom. The molecule has 28 atom stereocenters. The van der Waals surface area contributed by atoms with Crippen LogP contribution in [0.4, 0.5) is 0 Å². The van der Waals surface area contributed by atoms with Crippen molar-refractivity contribution in [2.45, 2.75) is 224 Å². The second-order valence-corrected chi connectivity index (χ2v) is 25.8. The molecule has 0 spiro atoms. The van der Waals surface area contributed by atoms with E-state index in [1.807, 2.05) is 6.92 Å². The van der Waals surface area contributed by atoms with Crippen molar-refractivity contribution in [3.63, 3.8) is 0 Å². The molecule has 4 heterocycles. The van der Waals surface area contributed by atoms with E-state index in [1.165, 1.54) is 12.5 Å². The number of hydrogen-bond acceptors (Lipinski definition) is 22. The largest absolute Gasteiger partial charge is 1.00 e. The van der Waals surface area contributed by atoms with E-state index in [2.05, 4.69) is 40.7 Å². The fourth-order valence-electron chi connectivity index (χ4n) is 16.5. The predicted molar refractivity (Wildman–Crippen MR) is 261 cm³/mol. The third-order valence-corrected chi connectivity index (χ3v) is 21.3. The number of carboxylic acid groups (broad SMARTS) is 1. The number of ether oxygens (including phenoxy) is 9. The SMILES string of the molecule is CC(=O)OC(C)C(C)C(=O)OC[C@@]12[C@H]3C[C@]4(C)C(=CC[C@@H]5[C@@]6(C)CC[C@H](O[C@@H]7O[C@H](C(=O)O)[C@@H](O[C@@H]8O[C@H](CO)[C@@H](O)[C@H](O)[C@H]8O)[C@H](O)[C@H]7O[C@@H]7OC[C@@H](O)[C@H](O)[C@H]7O)[C@@](C)(CO)[C@@H]6CC[C@]54C)[C@@H]1CC(C)(C)[C@H](O3)[C@@H]2O.[Na+]. The molecule has 438 valence electrons. The standard InChI is InChI=1S/C54H84O23.Na/c1-22(23(2)71-24(3)57)45(68)70-21-54-26-16-49(4,5)43(42(54)65)73-32(54)17-53(9)25(26)10-11-30-50(6)14-13-31(51(7,20-56)29(50)12-15-52(30,53)8)74-48-40(76-46-36(62)33(59)27(58)19-69-46)38(64)39(41(77-48)44(66)67)75-47-37(63)35(61)34(60)28(18-55)72-47;/h10,22-23,26-43,46-48,55-56,58-65H,11-21H2,1-9H3,(H,66,67);/q;+1/t22?,23?,26-,27+,28+,29+,30+,31-,32+,33-,34+,35-,36+,37+,38-,39-,40+,41-,42-,43+,46-,47-,48+,50-,51-,52+,53+,54-;/m0./s1. The number of carbonyl (C=O) groups is 3.